The van der Waals surface area contributed by atoms with E-state index < -0.39 is 28.7 Å². The van der Waals surface area contributed by atoms with Crippen LogP contribution in [0.2, 0.25) is 0 Å². The third kappa shape index (κ3) is 4.74. The smallest absolute Gasteiger partial charge is 0.341 e. The fraction of sp³-hybridized carbons (Fsp3) is 0.381. The summed E-state index contributed by atoms with van der Waals surface area (Å²) in [6.07, 6.45) is 1.94. The van der Waals surface area contributed by atoms with Crippen molar-refractivity contribution in [2.24, 2.45) is 0 Å². The van der Waals surface area contributed by atoms with Crippen molar-refractivity contribution in [1.82, 2.24) is 0 Å². The van der Waals surface area contributed by atoms with E-state index in [0.717, 1.165) is 17.4 Å². The number of thiophene rings is 1. The third-order valence-corrected chi connectivity index (χ3v) is 6.04. The SMILES string of the molecule is CCOC(=O)c1c(NC(=O)c2cccc([N+](=O)[O-])c2)sc2c1C(C(=O)OCC)CCC2. The fourth-order valence-corrected chi connectivity index (χ4v) is 4.85. The minimum Gasteiger partial charge on any atom is -0.466 e. The number of esters is 2. The van der Waals surface area contributed by atoms with Crippen LogP contribution in [0.1, 0.15) is 63.8 Å². The fourth-order valence-electron chi connectivity index (χ4n) is 3.56. The number of nitrogens with one attached hydrogen (secondary N) is 1. The van der Waals surface area contributed by atoms with E-state index in [1.54, 1.807) is 13.8 Å². The second-order valence-corrected chi connectivity index (χ2v) is 7.93. The average Bonchev–Trinajstić information content (AvgIpc) is 3.12. The number of ether oxygens (including phenoxy) is 2. The number of rotatable bonds is 7. The molecule has 3 rings (SSSR count). The maximum absolute atomic E-state index is 12.8. The predicted octanol–water partition coefficient (Wildman–Crippen LogP) is 4.07. The van der Waals surface area contributed by atoms with Crippen molar-refractivity contribution in [3.63, 3.8) is 0 Å². The van der Waals surface area contributed by atoms with Crippen molar-refractivity contribution in [2.45, 2.75) is 39.0 Å². The van der Waals surface area contributed by atoms with E-state index in [4.69, 9.17) is 9.47 Å². The maximum atomic E-state index is 12.8. The van der Waals surface area contributed by atoms with Gasteiger partial charge >= 0.3 is 11.9 Å². The quantitative estimate of drug-likeness (QED) is 0.386. The first-order chi connectivity index (χ1) is 14.9. The number of nitrogens with zero attached hydrogens (tertiary/aromatic N) is 1. The lowest BCUT2D eigenvalue weighted by Gasteiger charge is -2.22. The molecule has 0 aliphatic heterocycles. The molecule has 1 aromatic heterocycles. The van der Waals surface area contributed by atoms with Gasteiger partial charge in [-0.15, -0.1) is 11.3 Å². The van der Waals surface area contributed by atoms with Gasteiger partial charge in [-0.3, -0.25) is 19.7 Å². The van der Waals surface area contributed by atoms with Crippen molar-refractivity contribution < 1.29 is 28.8 Å². The summed E-state index contributed by atoms with van der Waals surface area (Å²) in [5.74, 6) is -2.25. The first-order valence-corrected chi connectivity index (χ1v) is 10.7. The molecule has 0 spiro atoms. The van der Waals surface area contributed by atoms with Gasteiger partial charge in [0.1, 0.15) is 5.00 Å². The lowest BCUT2D eigenvalue weighted by atomic mass is 9.85. The standard InChI is InChI=1S/C21H22N2O7S/c1-3-29-20(25)14-9-6-10-15-16(14)17(21(26)30-4-2)19(31-15)22-18(24)12-7-5-8-13(11-12)23(27)28/h5,7-8,11,14H,3-4,6,9-10H2,1-2H3,(H,22,24). The highest BCUT2D eigenvalue weighted by atomic mass is 32.1. The highest BCUT2D eigenvalue weighted by molar-refractivity contribution is 7.17. The largest absolute Gasteiger partial charge is 0.466 e. The summed E-state index contributed by atoms with van der Waals surface area (Å²) in [6.45, 7) is 3.73. The Bertz CT molecular complexity index is 1030. The second-order valence-electron chi connectivity index (χ2n) is 6.82. The summed E-state index contributed by atoms with van der Waals surface area (Å²) in [5, 5.41) is 14.0. The maximum Gasteiger partial charge on any atom is 0.341 e. The molecule has 9 nitrogen and oxygen atoms in total. The van der Waals surface area contributed by atoms with E-state index in [9.17, 15) is 24.5 Å². The number of non-ortho nitro benzene ring substituents is 1. The minimum atomic E-state index is -0.634. The molecule has 0 radical (unpaired) electrons. The molecular formula is C21H22N2O7S. The van der Waals surface area contributed by atoms with Gasteiger partial charge in [0.15, 0.2) is 0 Å². The van der Waals surface area contributed by atoms with Crippen LogP contribution in [0.25, 0.3) is 0 Å². The summed E-state index contributed by atoms with van der Waals surface area (Å²) in [5.41, 5.74) is 0.560. The highest BCUT2D eigenvalue weighted by Crippen LogP contribution is 2.44. The van der Waals surface area contributed by atoms with Crippen LogP contribution in [0.4, 0.5) is 10.7 Å². The highest BCUT2D eigenvalue weighted by Gasteiger charge is 2.37. The van der Waals surface area contributed by atoms with Crippen molar-refractivity contribution in [3.8, 4) is 0 Å². The topological polar surface area (TPSA) is 125 Å². The normalized spacial score (nSPS) is 15.0. The Labute approximate surface area is 182 Å². The Morgan fingerprint density at radius 2 is 1.97 bits per heavy atom. The average molecular weight is 446 g/mol. The lowest BCUT2D eigenvalue weighted by Crippen LogP contribution is -2.23. The molecule has 1 aliphatic carbocycles. The molecule has 164 valence electrons. The van der Waals surface area contributed by atoms with Gasteiger partial charge in [-0.05, 0) is 44.7 Å². The number of anilines is 1. The van der Waals surface area contributed by atoms with Gasteiger partial charge in [0.25, 0.3) is 11.6 Å². The molecule has 1 amide bonds. The molecule has 0 fully saturated rings. The van der Waals surface area contributed by atoms with E-state index in [-0.39, 0.29) is 35.0 Å². The molecule has 1 N–H and O–H groups in total. The van der Waals surface area contributed by atoms with Crippen molar-refractivity contribution >= 4 is 39.9 Å². The minimum absolute atomic E-state index is 0.0809. The van der Waals surface area contributed by atoms with Crippen molar-refractivity contribution in [2.75, 3.05) is 18.5 Å². The zero-order valence-electron chi connectivity index (χ0n) is 17.1. The van der Waals surface area contributed by atoms with E-state index in [2.05, 4.69) is 5.32 Å². The van der Waals surface area contributed by atoms with E-state index in [1.807, 2.05) is 0 Å². The molecule has 10 heteroatoms. The number of amides is 1. The summed E-state index contributed by atoms with van der Waals surface area (Å²) in [7, 11) is 0. The first-order valence-electron chi connectivity index (χ1n) is 9.92. The number of hydrogen-bond acceptors (Lipinski definition) is 8. The Balaban J connectivity index is 2.01. The summed E-state index contributed by atoms with van der Waals surface area (Å²) in [6, 6.07) is 5.31. The molecular weight excluding hydrogens is 424 g/mol. The van der Waals surface area contributed by atoms with Gasteiger partial charge in [-0.2, -0.15) is 0 Å². The molecule has 1 aromatic carbocycles. The molecule has 1 aliphatic rings. The van der Waals surface area contributed by atoms with Gasteiger partial charge in [-0.25, -0.2) is 4.79 Å². The Morgan fingerprint density at radius 1 is 1.23 bits per heavy atom. The summed E-state index contributed by atoms with van der Waals surface area (Å²) >= 11 is 1.21. The lowest BCUT2D eigenvalue weighted by molar-refractivity contribution is -0.384. The van der Waals surface area contributed by atoms with E-state index in [1.165, 1.54) is 29.5 Å². The van der Waals surface area contributed by atoms with Crippen molar-refractivity contribution in [1.29, 1.82) is 0 Å². The predicted molar refractivity (Wildman–Crippen MR) is 114 cm³/mol. The number of carbonyl (C=O) groups is 3. The van der Waals surface area contributed by atoms with Crippen LogP contribution >= 0.6 is 11.3 Å². The summed E-state index contributed by atoms with van der Waals surface area (Å²) < 4.78 is 10.4. The number of hydrogen-bond donors (Lipinski definition) is 1. The molecule has 1 atom stereocenters. The van der Waals surface area contributed by atoms with Gasteiger partial charge in [0.05, 0.1) is 29.6 Å². The molecule has 1 heterocycles. The zero-order chi connectivity index (χ0) is 22.5. The molecule has 0 saturated heterocycles. The van der Waals surface area contributed by atoms with Crippen LogP contribution in [-0.4, -0.2) is 36.0 Å². The van der Waals surface area contributed by atoms with Gasteiger partial charge in [0.2, 0.25) is 0 Å². The van der Waals surface area contributed by atoms with Crippen LogP contribution in [0, 0.1) is 10.1 Å². The van der Waals surface area contributed by atoms with Gasteiger partial charge in [0, 0.05) is 22.6 Å². The first kappa shape index (κ1) is 22.4. The van der Waals surface area contributed by atoms with Crippen molar-refractivity contribution in [3.05, 3.63) is 55.9 Å². The van der Waals surface area contributed by atoms with E-state index in [0.29, 0.717) is 18.4 Å². The zero-order valence-corrected chi connectivity index (χ0v) is 18.0. The molecule has 0 saturated carbocycles. The van der Waals surface area contributed by atoms with Gasteiger partial charge in [-0.1, -0.05) is 6.07 Å². The molecule has 31 heavy (non-hydrogen) atoms. The third-order valence-electron chi connectivity index (χ3n) is 4.86. The Hall–Kier alpha value is -3.27. The number of nitro groups is 1. The number of carbonyl (C=O) groups excluding carboxylic acids is 3. The monoisotopic (exact) mass is 446 g/mol. The van der Waals surface area contributed by atoms with Crippen LogP contribution in [0.3, 0.4) is 0 Å². The molecule has 2 aromatic rings. The number of nitro benzene ring substituents is 1. The Morgan fingerprint density at radius 3 is 2.65 bits per heavy atom. The van der Waals surface area contributed by atoms with E-state index >= 15 is 0 Å². The molecule has 0 bridgehead atoms. The Kier molecular flexibility index (Phi) is 7.01. The van der Waals surface area contributed by atoms with Crippen LogP contribution in [0.5, 0.6) is 0 Å². The molecule has 1 unspecified atom stereocenters. The van der Waals surface area contributed by atoms with Gasteiger partial charge < -0.3 is 14.8 Å². The number of fused-ring (bicyclic) bond motifs is 1. The van der Waals surface area contributed by atoms with Crippen LogP contribution < -0.4 is 5.32 Å². The van der Waals surface area contributed by atoms with Crippen LogP contribution in [-0.2, 0) is 20.7 Å². The van der Waals surface area contributed by atoms with Crippen LogP contribution in [0.15, 0.2) is 24.3 Å². The summed E-state index contributed by atoms with van der Waals surface area (Å²) in [4.78, 5) is 49.3. The second kappa shape index (κ2) is 9.69. The number of aryl methyl sites for hydroxylation is 1. The number of benzene rings is 1.